The Hall–Kier alpha value is -1.68. The summed E-state index contributed by atoms with van der Waals surface area (Å²) in [5.41, 5.74) is 3.46. The molecule has 84 valence electrons. The molecule has 2 aromatic rings. The number of aliphatic hydroxyl groups excluding tert-OH is 1. The minimum Gasteiger partial charge on any atom is -0.382 e. The van der Waals surface area contributed by atoms with Crippen molar-refractivity contribution in [1.82, 2.24) is 14.8 Å². The van der Waals surface area contributed by atoms with E-state index in [4.69, 9.17) is 0 Å². The van der Waals surface area contributed by atoms with Crippen LogP contribution in [0.2, 0.25) is 0 Å². The Labute approximate surface area is 94.6 Å². The van der Waals surface area contributed by atoms with Gasteiger partial charge in [-0.3, -0.25) is 9.67 Å². The number of hydrogen-bond acceptors (Lipinski definition) is 3. The van der Waals surface area contributed by atoms with E-state index in [1.165, 1.54) is 0 Å². The van der Waals surface area contributed by atoms with Gasteiger partial charge in [-0.05, 0) is 37.6 Å². The van der Waals surface area contributed by atoms with Crippen molar-refractivity contribution in [2.45, 2.75) is 20.0 Å². The topological polar surface area (TPSA) is 50.9 Å². The van der Waals surface area contributed by atoms with Crippen molar-refractivity contribution in [2.75, 3.05) is 0 Å². The SMILES string of the molecule is Cc1cc(C(O)c2ccnn2C)cc(C)n1. The largest absolute Gasteiger partial charge is 0.382 e. The molecule has 16 heavy (non-hydrogen) atoms. The zero-order valence-electron chi connectivity index (χ0n) is 9.68. The number of rotatable bonds is 2. The lowest BCUT2D eigenvalue weighted by Gasteiger charge is -2.12. The highest BCUT2D eigenvalue weighted by Gasteiger charge is 2.14. The third kappa shape index (κ3) is 1.97. The predicted octanol–water partition coefficient (Wildman–Crippen LogP) is 1.51. The van der Waals surface area contributed by atoms with E-state index in [2.05, 4.69) is 10.1 Å². The lowest BCUT2D eigenvalue weighted by Crippen LogP contribution is -2.07. The molecule has 2 aromatic heterocycles. The van der Waals surface area contributed by atoms with Crippen molar-refractivity contribution in [3.05, 3.63) is 47.0 Å². The van der Waals surface area contributed by atoms with Crippen LogP contribution >= 0.6 is 0 Å². The highest BCUT2D eigenvalue weighted by atomic mass is 16.3. The lowest BCUT2D eigenvalue weighted by atomic mass is 10.1. The monoisotopic (exact) mass is 217 g/mol. The summed E-state index contributed by atoms with van der Waals surface area (Å²) in [6, 6.07) is 5.60. The number of hydrogen-bond donors (Lipinski definition) is 1. The van der Waals surface area contributed by atoms with E-state index in [9.17, 15) is 5.11 Å². The van der Waals surface area contributed by atoms with Crippen LogP contribution in [0.4, 0.5) is 0 Å². The lowest BCUT2D eigenvalue weighted by molar-refractivity contribution is 0.209. The number of nitrogens with zero attached hydrogens (tertiary/aromatic N) is 3. The highest BCUT2D eigenvalue weighted by Crippen LogP contribution is 2.21. The smallest absolute Gasteiger partial charge is 0.121 e. The molecule has 0 saturated heterocycles. The minimum absolute atomic E-state index is 0.645. The first-order valence-corrected chi connectivity index (χ1v) is 5.19. The molecule has 0 aromatic carbocycles. The molecule has 2 heterocycles. The summed E-state index contributed by atoms with van der Waals surface area (Å²) in [7, 11) is 1.82. The molecule has 0 radical (unpaired) electrons. The Balaban J connectivity index is 2.41. The summed E-state index contributed by atoms with van der Waals surface area (Å²) in [6.07, 6.45) is 1.03. The van der Waals surface area contributed by atoms with Crippen LogP contribution in [0.25, 0.3) is 0 Å². The number of aromatic nitrogens is 3. The van der Waals surface area contributed by atoms with E-state index in [0.29, 0.717) is 0 Å². The first-order valence-electron chi connectivity index (χ1n) is 5.19. The van der Waals surface area contributed by atoms with E-state index >= 15 is 0 Å². The maximum atomic E-state index is 10.2. The average molecular weight is 217 g/mol. The molecule has 0 saturated carbocycles. The van der Waals surface area contributed by atoms with Gasteiger partial charge in [0.1, 0.15) is 6.10 Å². The normalized spacial score (nSPS) is 12.8. The van der Waals surface area contributed by atoms with Gasteiger partial charge in [0.2, 0.25) is 0 Å². The van der Waals surface area contributed by atoms with Crippen LogP contribution in [0.1, 0.15) is 28.7 Å². The fraction of sp³-hybridized carbons (Fsp3) is 0.333. The van der Waals surface area contributed by atoms with Gasteiger partial charge in [0.05, 0.1) is 5.69 Å². The Morgan fingerprint density at radius 3 is 2.38 bits per heavy atom. The van der Waals surface area contributed by atoms with Crippen molar-refractivity contribution in [3.63, 3.8) is 0 Å². The molecule has 1 atom stereocenters. The summed E-state index contributed by atoms with van der Waals surface area (Å²) < 4.78 is 1.68. The van der Waals surface area contributed by atoms with Crippen LogP contribution in [-0.2, 0) is 7.05 Å². The summed E-state index contributed by atoms with van der Waals surface area (Å²) in [4.78, 5) is 4.29. The third-order valence-corrected chi connectivity index (χ3v) is 2.56. The Kier molecular flexibility index (Phi) is 2.75. The van der Waals surface area contributed by atoms with Gasteiger partial charge in [-0.25, -0.2) is 0 Å². The average Bonchev–Trinajstić information content (AvgIpc) is 2.62. The summed E-state index contributed by atoms with van der Waals surface area (Å²) in [5, 5.41) is 14.3. The maximum absolute atomic E-state index is 10.2. The number of aliphatic hydroxyl groups is 1. The van der Waals surface area contributed by atoms with Gasteiger partial charge in [0.15, 0.2) is 0 Å². The third-order valence-electron chi connectivity index (χ3n) is 2.56. The van der Waals surface area contributed by atoms with Crippen LogP contribution in [0, 0.1) is 13.8 Å². The van der Waals surface area contributed by atoms with Crippen LogP contribution in [-0.4, -0.2) is 19.9 Å². The van der Waals surface area contributed by atoms with Crippen molar-refractivity contribution >= 4 is 0 Å². The number of aryl methyl sites for hydroxylation is 3. The second-order valence-electron chi connectivity index (χ2n) is 3.97. The molecule has 0 spiro atoms. The van der Waals surface area contributed by atoms with Gasteiger partial charge in [-0.1, -0.05) is 0 Å². The molecule has 4 nitrogen and oxygen atoms in total. The molecule has 1 N–H and O–H groups in total. The molecule has 2 rings (SSSR count). The van der Waals surface area contributed by atoms with Crippen molar-refractivity contribution in [1.29, 1.82) is 0 Å². The Morgan fingerprint density at radius 1 is 1.25 bits per heavy atom. The van der Waals surface area contributed by atoms with Crippen LogP contribution in [0.15, 0.2) is 24.4 Å². The van der Waals surface area contributed by atoms with Gasteiger partial charge in [0, 0.05) is 24.6 Å². The van der Waals surface area contributed by atoms with E-state index in [-0.39, 0.29) is 0 Å². The Morgan fingerprint density at radius 2 is 1.88 bits per heavy atom. The predicted molar refractivity (Wildman–Crippen MR) is 61.0 cm³/mol. The molecular formula is C12H15N3O. The first-order chi connectivity index (χ1) is 7.58. The van der Waals surface area contributed by atoms with Crippen LogP contribution in [0.3, 0.4) is 0 Å². The second-order valence-corrected chi connectivity index (χ2v) is 3.97. The highest BCUT2D eigenvalue weighted by molar-refractivity contribution is 5.28. The Bertz CT molecular complexity index is 484. The maximum Gasteiger partial charge on any atom is 0.121 e. The van der Waals surface area contributed by atoms with Gasteiger partial charge in [-0.2, -0.15) is 5.10 Å². The standard InChI is InChI=1S/C12H15N3O/c1-8-6-10(7-9(2)14-8)12(16)11-4-5-13-15(11)3/h4-7,12,16H,1-3H3. The summed E-state index contributed by atoms with van der Waals surface area (Å²) in [5.74, 6) is 0. The molecule has 4 heteroatoms. The molecule has 0 aliphatic carbocycles. The van der Waals surface area contributed by atoms with Gasteiger partial charge in [-0.15, -0.1) is 0 Å². The van der Waals surface area contributed by atoms with Crippen LogP contribution < -0.4 is 0 Å². The minimum atomic E-state index is -0.645. The fourth-order valence-corrected chi connectivity index (χ4v) is 1.85. The van der Waals surface area contributed by atoms with E-state index in [1.54, 1.807) is 10.9 Å². The van der Waals surface area contributed by atoms with Crippen molar-refractivity contribution < 1.29 is 5.11 Å². The summed E-state index contributed by atoms with van der Waals surface area (Å²) >= 11 is 0. The molecule has 0 aliphatic heterocycles. The molecule has 0 amide bonds. The molecule has 0 bridgehead atoms. The molecular weight excluding hydrogens is 202 g/mol. The fourth-order valence-electron chi connectivity index (χ4n) is 1.85. The van der Waals surface area contributed by atoms with Crippen molar-refractivity contribution in [2.24, 2.45) is 7.05 Å². The van der Waals surface area contributed by atoms with Gasteiger partial charge >= 0.3 is 0 Å². The second kappa shape index (κ2) is 4.06. The zero-order chi connectivity index (χ0) is 11.7. The molecule has 0 aliphatic rings. The summed E-state index contributed by atoms with van der Waals surface area (Å²) in [6.45, 7) is 3.85. The zero-order valence-corrected chi connectivity index (χ0v) is 9.68. The molecule has 0 fully saturated rings. The quantitative estimate of drug-likeness (QED) is 0.829. The van der Waals surface area contributed by atoms with E-state index in [1.807, 2.05) is 39.1 Å². The van der Waals surface area contributed by atoms with Gasteiger partial charge in [0.25, 0.3) is 0 Å². The first kappa shape index (κ1) is 10.8. The van der Waals surface area contributed by atoms with E-state index in [0.717, 1.165) is 22.6 Å². The van der Waals surface area contributed by atoms with Crippen LogP contribution in [0.5, 0.6) is 0 Å². The molecule has 1 unspecified atom stereocenters. The van der Waals surface area contributed by atoms with Crippen molar-refractivity contribution in [3.8, 4) is 0 Å². The van der Waals surface area contributed by atoms with Gasteiger partial charge < -0.3 is 5.11 Å². The van der Waals surface area contributed by atoms with E-state index < -0.39 is 6.10 Å². The number of pyridine rings is 1.